The van der Waals surface area contributed by atoms with Crippen molar-refractivity contribution in [2.75, 3.05) is 0 Å². The summed E-state index contributed by atoms with van der Waals surface area (Å²) in [4.78, 5) is 0. The van der Waals surface area contributed by atoms with Crippen LogP contribution < -0.4 is 0 Å². The van der Waals surface area contributed by atoms with E-state index in [2.05, 4.69) is 45.8 Å². The van der Waals surface area contributed by atoms with E-state index in [4.69, 9.17) is 61.7 Å². The molecule has 3 aliphatic rings. The van der Waals surface area contributed by atoms with Gasteiger partial charge in [0.15, 0.2) is 0 Å². The molecule has 0 aromatic carbocycles. The van der Waals surface area contributed by atoms with E-state index in [-0.39, 0.29) is 19.8 Å². The Hall–Kier alpha value is 2.87. The minimum absolute atomic E-state index is 0.0991. The monoisotopic (exact) mass is 931 g/mol. The molecule has 0 aliphatic carbocycles. The zero-order valence-electron chi connectivity index (χ0n) is 29.1. The van der Waals surface area contributed by atoms with Gasteiger partial charge >= 0.3 is 46.4 Å². The van der Waals surface area contributed by atoms with Crippen molar-refractivity contribution in [1.82, 2.24) is 0 Å². The molecule has 0 amide bonds. The first-order valence-electron chi connectivity index (χ1n) is 16.0. The topological polar surface area (TPSA) is 138 Å². The van der Waals surface area contributed by atoms with Crippen LogP contribution in [0.2, 0.25) is 102 Å². The lowest BCUT2D eigenvalue weighted by molar-refractivity contribution is 0.274. The standard InChI is InChI=1S/C16H51O15Si16/c1-35-20-38(4)26-45(27-39(5)21-35)13-11-32-17-34-19-44(15-16-47(10)30-42(8)24-37(3)25-43(9)31-47)18-33-12-14-46-28-40(6)22-36(2)23-41(7)29-46/h35-43H,11-16H2,1-10H3. The second kappa shape index (κ2) is 23.6. The van der Waals surface area contributed by atoms with Crippen LogP contribution in [-0.4, -0.2) is 149 Å². The van der Waals surface area contributed by atoms with E-state index in [1.165, 1.54) is 0 Å². The van der Waals surface area contributed by atoms with E-state index in [9.17, 15) is 0 Å². The zero-order chi connectivity index (χ0) is 34.4. The number of hydrogen-bond donors (Lipinski definition) is 0. The van der Waals surface area contributed by atoms with E-state index in [0.29, 0.717) is 9.76 Å². The van der Waals surface area contributed by atoms with Gasteiger partial charge in [-0.15, -0.1) is 0 Å². The van der Waals surface area contributed by atoms with Crippen LogP contribution in [-0.2, 0) is 61.7 Å². The first-order chi connectivity index (χ1) is 22.3. The summed E-state index contributed by atoms with van der Waals surface area (Å²) in [5, 5.41) is 0. The molecule has 3 fully saturated rings. The van der Waals surface area contributed by atoms with Gasteiger partial charge in [0.1, 0.15) is 0 Å². The van der Waals surface area contributed by atoms with Crippen LogP contribution in [0.15, 0.2) is 0 Å². The van der Waals surface area contributed by atoms with Crippen molar-refractivity contribution in [1.29, 1.82) is 0 Å². The van der Waals surface area contributed by atoms with Gasteiger partial charge in [0.25, 0.3) is 83.6 Å². The average molecular weight is 933 g/mol. The Morgan fingerprint density at radius 2 is 0.957 bits per heavy atom. The average Bonchev–Trinajstić information content (AvgIpc) is 2.92. The van der Waals surface area contributed by atoms with Crippen molar-refractivity contribution in [2.24, 2.45) is 0 Å². The van der Waals surface area contributed by atoms with E-state index < -0.39 is 120 Å². The molecule has 269 valence electrons. The van der Waals surface area contributed by atoms with Gasteiger partial charge in [0.05, 0.1) is 0 Å². The Balaban J connectivity index is 1.47. The minimum Gasteiger partial charge on any atom is -0.435 e. The molecule has 0 N–H and O–H groups in total. The molecular weight excluding hydrogens is 882 g/mol. The summed E-state index contributed by atoms with van der Waals surface area (Å²) < 4.78 is 92.7. The van der Waals surface area contributed by atoms with E-state index >= 15 is 0 Å². The normalized spacial score (nSPS) is 37.5. The lowest BCUT2D eigenvalue weighted by Gasteiger charge is -2.37. The summed E-state index contributed by atoms with van der Waals surface area (Å²) in [6, 6.07) is 4.85. The quantitative estimate of drug-likeness (QED) is 0.148. The minimum atomic E-state index is -2.50. The molecule has 0 aromatic heterocycles. The largest absolute Gasteiger partial charge is 0.435 e. The molecule has 0 spiro atoms. The Labute approximate surface area is 310 Å². The fraction of sp³-hybridized carbons (Fsp3) is 1.00. The molecule has 15 nitrogen and oxygen atoms in total. The second-order valence-corrected chi connectivity index (χ2v) is 44.2. The maximum absolute atomic E-state index is 6.51. The smallest absolute Gasteiger partial charge is 0.411 e. The van der Waals surface area contributed by atoms with Gasteiger partial charge in [0.2, 0.25) is 19.5 Å². The third-order valence-corrected chi connectivity index (χ3v) is 50.2. The zero-order valence-corrected chi connectivity index (χ0v) is 46.5. The lowest BCUT2D eigenvalue weighted by atomic mass is 10.9. The van der Waals surface area contributed by atoms with Crippen LogP contribution in [0.5, 0.6) is 0 Å². The van der Waals surface area contributed by atoms with Gasteiger partial charge in [-0.1, -0.05) is 0 Å². The third kappa shape index (κ3) is 19.2. The molecule has 0 bridgehead atoms. The predicted octanol–water partition coefficient (Wildman–Crippen LogP) is -0.925. The van der Waals surface area contributed by atoms with Gasteiger partial charge in [-0.05, 0) is 102 Å². The van der Waals surface area contributed by atoms with Gasteiger partial charge in [0, 0.05) is 0 Å². The van der Waals surface area contributed by atoms with Crippen LogP contribution in [0.4, 0.5) is 0 Å². The molecule has 3 aliphatic heterocycles. The van der Waals surface area contributed by atoms with Crippen molar-refractivity contribution in [3.63, 3.8) is 0 Å². The highest BCUT2D eigenvalue weighted by atomic mass is 28.5. The molecule has 3 saturated heterocycles. The Morgan fingerprint density at radius 3 is 1.40 bits per heavy atom. The van der Waals surface area contributed by atoms with Gasteiger partial charge in [-0.3, -0.25) is 0 Å². The van der Waals surface area contributed by atoms with Crippen LogP contribution in [0, 0.1) is 0 Å². The fourth-order valence-electron chi connectivity index (χ4n) is 4.80. The molecule has 47 heavy (non-hydrogen) atoms. The highest BCUT2D eigenvalue weighted by molar-refractivity contribution is 6.82. The Kier molecular flexibility index (Phi) is 22.2. The van der Waals surface area contributed by atoms with Crippen LogP contribution in [0.1, 0.15) is 0 Å². The third-order valence-electron chi connectivity index (χ3n) is 6.42. The Morgan fingerprint density at radius 1 is 0.553 bits per heavy atom. The Bertz CT molecular complexity index is 828. The lowest BCUT2D eigenvalue weighted by Crippen LogP contribution is -2.53. The summed E-state index contributed by atoms with van der Waals surface area (Å²) in [6.07, 6.45) is 0. The summed E-state index contributed by atoms with van der Waals surface area (Å²) >= 11 is 0. The van der Waals surface area contributed by atoms with Crippen molar-refractivity contribution in [2.45, 2.75) is 102 Å². The summed E-state index contributed by atoms with van der Waals surface area (Å²) in [5.41, 5.74) is 0. The molecule has 0 aromatic rings. The number of rotatable bonds is 15. The maximum atomic E-state index is 6.51. The number of hydrogen-bond acceptors (Lipinski definition) is 15. The molecule has 3 heterocycles. The highest BCUT2D eigenvalue weighted by Crippen LogP contribution is 2.24. The molecule has 31 heteroatoms. The van der Waals surface area contributed by atoms with Crippen LogP contribution in [0.3, 0.4) is 0 Å². The molecule has 6 atom stereocenters. The van der Waals surface area contributed by atoms with Gasteiger partial charge in [-0.2, -0.15) is 0 Å². The molecule has 9 radical (unpaired) electrons. The predicted molar refractivity (Wildman–Crippen MR) is 208 cm³/mol. The molecule has 3 rings (SSSR count). The van der Waals surface area contributed by atoms with Crippen LogP contribution >= 0.6 is 0 Å². The maximum Gasteiger partial charge on any atom is 0.411 e. The SMILES string of the molecule is C[SiH]1O[Si](CC[Si]O[Si]O[Si](CC[Si]2(C)O[SiH](C)O[SiH](C)O[SiH](C)O2)O[Si]CC[Si]2O[SiH](C)O[SiH](C)O[SiH](C)O2)O[SiH](C)O[SiH](C)O1. The van der Waals surface area contributed by atoms with Gasteiger partial charge in [-0.25, -0.2) is 0 Å². The van der Waals surface area contributed by atoms with Crippen molar-refractivity contribution in [3.8, 4) is 0 Å². The van der Waals surface area contributed by atoms with E-state index in [1.54, 1.807) is 0 Å². The summed E-state index contributed by atoms with van der Waals surface area (Å²) in [7, 11) is -22.0. The highest BCUT2D eigenvalue weighted by Gasteiger charge is 2.41. The fourth-order valence-corrected chi connectivity index (χ4v) is 50.2. The first-order valence-corrected chi connectivity index (χ1v) is 45.0. The van der Waals surface area contributed by atoms with E-state index in [0.717, 1.165) is 36.3 Å². The first kappa shape index (κ1) is 44.3. The second-order valence-electron chi connectivity index (χ2n) is 11.1. The van der Waals surface area contributed by atoms with Crippen molar-refractivity contribution < 1.29 is 61.7 Å². The van der Waals surface area contributed by atoms with Crippen molar-refractivity contribution >= 4 is 149 Å². The van der Waals surface area contributed by atoms with Crippen molar-refractivity contribution in [3.05, 3.63) is 0 Å². The van der Waals surface area contributed by atoms with Crippen LogP contribution in [0.25, 0.3) is 0 Å². The van der Waals surface area contributed by atoms with Gasteiger partial charge < -0.3 is 61.7 Å². The molecule has 6 unspecified atom stereocenters. The van der Waals surface area contributed by atoms with E-state index in [1.807, 2.05) is 19.6 Å². The summed E-state index contributed by atoms with van der Waals surface area (Å²) in [6.45, 7) is 20.6. The summed E-state index contributed by atoms with van der Waals surface area (Å²) in [5.74, 6) is 0. The molecule has 0 saturated carbocycles. The molecular formula is C16H51O15Si16.